The zero-order valence-electron chi connectivity index (χ0n) is 13.0. The van der Waals surface area contributed by atoms with Crippen LogP contribution in [0, 0.1) is 0 Å². The van der Waals surface area contributed by atoms with Crippen molar-refractivity contribution in [3.63, 3.8) is 0 Å². The molecule has 0 fully saturated rings. The second-order valence-corrected chi connectivity index (χ2v) is 5.79. The number of rotatable bonds is 3. The van der Waals surface area contributed by atoms with Gasteiger partial charge >= 0.3 is 5.97 Å². The summed E-state index contributed by atoms with van der Waals surface area (Å²) in [6.07, 6.45) is 0.640. The van der Waals surface area contributed by atoms with E-state index in [0.29, 0.717) is 34.9 Å². The Morgan fingerprint density at radius 2 is 2.04 bits per heavy atom. The van der Waals surface area contributed by atoms with Gasteiger partial charge in [-0.25, -0.2) is 4.79 Å². The fourth-order valence-electron chi connectivity index (χ4n) is 2.67. The number of hydrogen-bond acceptors (Lipinski definition) is 4. The predicted octanol–water partition coefficient (Wildman–Crippen LogP) is 3.38. The predicted molar refractivity (Wildman–Crippen MR) is 89.6 cm³/mol. The summed E-state index contributed by atoms with van der Waals surface area (Å²) in [6.45, 7) is 0.449. The van der Waals surface area contributed by atoms with Crippen LogP contribution in [0.4, 0.5) is 0 Å². The molecule has 0 aliphatic carbocycles. The molecule has 1 aliphatic heterocycles. The summed E-state index contributed by atoms with van der Waals surface area (Å²) in [7, 11) is 1.33. The molecule has 24 heavy (non-hydrogen) atoms. The summed E-state index contributed by atoms with van der Waals surface area (Å²) in [5.74, 6) is -0.0901. The summed E-state index contributed by atoms with van der Waals surface area (Å²) < 4.78 is 10.3. The molecule has 5 nitrogen and oxygen atoms in total. The number of ether oxygens (including phenoxy) is 2. The van der Waals surface area contributed by atoms with Gasteiger partial charge in [-0.3, -0.25) is 4.79 Å². The lowest BCUT2D eigenvalue weighted by molar-refractivity contribution is 0.0599. The van der Waals surface area contributed by atoms with E-state index in [-0.39, 0.29) is 11.9 Å². The first kappa shape index (κ1) is 16.3. The molecule has 0 saturated carbocycles. The Morgan fingerprint density at radius 1 is 1.25 bits per heavy atom. The summed E-state index contributed by atoms with van der Waals surface area (Å²) in [5.41, 5.74) is 1.67. The molecule has 0 bridgehead atoms. The van der Waals surface area contributed by atoms with Crippen molar-refractivity contribution in [2.45, 2.75) is 12.5 Å². The fraction of sp³-hybridized carbons (Fsp3) is 0.222. The van der Waals surface area contributed by atoms with Gasteiger partial charge in [0.05, 0.1) is 35.9 Å². The van der Waals surface area contributed by atoms with E-state index < -0.39 is 5.97 Å². The molecule has 1 heterocycles. The third-order valence-electron chi connectivity index (χ3n) is 3.90. The molecule has 2 aromatic rings. The normalized spacial score (nSPS) is 15.8. The van der Waals surface area contributed by atoms with Crippen molar-refractivity contribution in [1.82, 2.24) is 5.32 Å². The number of methoxy groups -OCH3 is 1. The largest absolute Gasteiger partial charge is 0.493 e. The van der Waals surface area contributed by atoms with E-state index in [1.165, 1.54) is 7.11 Å². The molecule has 0 aromatic heterocycles. The summed E-state index contributed by atoms with van der Waals surface area (Å²) in [4.78, 5) is 24.1. The Hall–Kier alpha value is -2.53. The molecular weight excluding hydrogens is 330 g/mol. The summed E-state index contributed by atoms with van der Waals surface area (Å²) in [5, 5.41) is 3.38. The minimum absolute atomic E-state index is 0.204. The minimum atomic E-state index is -0.427. The van der Waals surface area contributed by atoms with Crippen LogP contribution in [-0.4, -0.2) is 25.6 Å². The van der Waals surface area contributed by atoms with Crippen LogP contribution in [0.2, 0.25) is 5.02 Å². The molecule has 1 N–H and O–H groups in total. The van der Waals surface area contributed by atoms with Crippen LogP contribution in [0.5, 0.6) is 5.75 Å². The number of nitrogens with one attached hydrogen (secondary N) is 1. The van der Waals surface area contributed by atoms with Crippen LogP contribution in [0.25, 0.3) is 0 Å². The molecule has 0 radical (unpaired) electrons. The molecule has 2 aromatic carbocycles. The van der Waals surface area contributed by atoms with Gasteiger partial charge < -0.3 is 14.8 Å². The van der Waals surface area contributed by atoms with Crippen molar-refractivity contribution >= 4 is 23.5 Å². The highest BCUT2D eigenvalue weighted by molar-refractivity contribution is 6.33. The van der Waals surface area contributed by atoms with Crippen LogP contribution in [0.15, 0.2) is 42.5 Å². The van der Waals surface area contributed by atoms with Gasteiger partial charge in [0.1, 0.15) is 5.75 Å². The molecule has 1 amide bonds. The number of amides is 1. The van der Waals surface area contributed by atoms with E-state index in [0.717, 1.165) is 5.56 Å². The van der Waals surface area contributed by atoms with Gasteiger partial charge in [0.25, 0.3) is 5.91 Å². The average molecular weight is 346 g/mol. The average Bonchev–Trinajstić information content (AvgIpc) is 2.61. The van der Waals surface area contributed by atoms with Gasteiger partial charge in [0.15, 0.2) is 0 Å². The maximum Gasteiger partial charge on any atom is 0.337 e. The van der Waals surface area contributed by atoms with Crippen molar-refractivity contribution in [3.05, 3.63) is 64.2 Å². The number of hydrogen-bond donors (Lipinski definition) is 1. The standard InChI is InChI=1S/C18H16ClNO4/c1-23-18(22)11-6-7-13-15(8-9-24-16(13)10-11)20-17(21)12-4-2-3-5-14(12)19/h2-7,10,15H,8-9H2,1H3,(H,20,21). The minimum Gasteiger partial charge on any atom is -0.493 e. The second kappa shape index (κ2) is 6.93. The SMILES string of the molecule is COC(=O)c1ccc2c(c1)OCCC2NC(=O)c1ccccc1Cl. The van der Waals surface area contributed by atoms with Crippen LogP contribution in [-0.2, 0) is 4.74 Å². The van der Waals surface area contributed by atoms with Crippen molar-refractivity contribution in [3.8, 4) is 5.75 Å². The van der Waals surface area contributed by atoms with Gasteiger partial charge in [0.2, 0.25) is 0 Å². The van der Waals surface area contributed by atoms with E-state index in [9.17, 15) is 9.59 Å². The van der Waals surface area contributed by atoms with Gasteiger partial charge in [-0.2, -0.15) is 0 Å². The highest BCUT2D eigenvalue weighted by Gasteiger charge is 2.25. The lowest BCUT2D eigenvalue weighted by Gasteiger charge is -2.27. The first-order valence-electron chi connectivity index (χ1n) is 7.50. The monoisotopic (exact) mass is 345 g/mol. The maximum absolute atomic E-state index is 12.5. The van der Waals surface area contributed by atoms with E-state index in [1.807, 2.05) is 0 Å². The number of fused-ring (bicyclic) bond motifs is 1. The van der Waals surface area contributed by atoms with Crippen molar-refractivity contribution in [2.75, 3.05) is 13.7 Å². The quantitative estimate of drug-likeness (QED) is 0.866. The molecule has 1 unspecified atom stereocenters. The molecular formula is C18H16ClNO4. The van der Waals surface area contributed by atoms with Crippen molar-refractivity contribution in [2.24, 2.45) is 0 Å². The van der Waals surface area contributed by atoms with Gasteiger partial charge in [-0.15, -0.1) is 0 Å². The molecule has 124 valence electrons. The smallest absolute Gasteiger partial charge is 0.337 e. The zero-order valence-corrected chi connectivity index (χ0v) is 13.8. The van der Waals surface area contributed by atoms with E-state index >= 15 is 0 Å². The topological polar surface area (TPSA) is 64.6 Å². The van der Waals surface area contributed by atoms with Crippen LogP contribution in [0.3, 0.4) is 0 Å². The van der Waals surface area contributed by atoms with Gasteiger partial charge in [0, 0.05) is 12.0 Å². The highest BCUT2D eigenvalue weighted by atomic mass is 35.5. The first-order valence-corrected chi connectivity index (χ1v) is 7.88. The van der Waals surface area contributed by atoms with Gasteiger partial charge in [-0.05, 0) is 24.3 Å². The first-order chi connectivity index (χ1) is 11.6. The lowest BCUT2D eigenvalue weighted by atomic mass is 9.98. The maximum atomic E-state index is 12.5. The molecule has 0 saturated heterocycles. The second-order valence-electron chi connectivity index (χ2n) is 5.39. The molecule has 6 heteroatoms. The number of carbonyl (C=O) groups excluding carboxylic acids is 2. The molecule has 3 rings (SSSR count). The van der Waals surface area contributed by atoms with E-state index in [2.05, 4.69) is 5.32 Å². The van der Waals surface area contributed by atoms with Gasteiger partial charge in [-0.1, -0.05) is 29.8 Å². The fourth-order valence-corrected chi connectivity index (χ4v) is 2.89. The van der Waals surface area contributed by atoms with Crippen molar-refractivity contribution < 1.29 is 19.1 Å². The van der Waals surface area contributed by atoms with Crippen LogP contribution in [0.1, 0.15) is 38.7 Å². The Morgan fingerprint density at radius 3 is 2.79 bits per heavy atom. The van der Waals surface area contributed by atoms with E-state index in [4.69, 9.17) is 21.1 Å². The number of halogens is 1. The zero-order chi connectivity index (χ0) is 17.1. The van der Waals surface area contributed by atoms with Crippen LogP contribution >= 0.6 is 11.6 Å². The Balaban J connectivity index is 1.83. The summed E-state index contributed by atoms with van der Waals surface area (Å²) >= 11 is 6.07. The third kappa shape index (κ3) is 3.21. The highest BCUT2D eigenvalue weighted by Crippen LogP contribution is 2.33. The number of esters is 1. The third-order valence-corrected chi connectivity index (χ3v) is 4.23. The summed E-state index contributed by atoms with van der Waals surface area (Å²) in [6, 6.07) is 11.8. The Labute approximate surface area is 144 Å². The Kier molecular flexibility index (Phi) is 4.71. The molecule has 0 spiro atoms. The van der Waals surface area contributed by atoms with Crippen molar-refractivity contribution in [1.29, 1.82) is 0 Å². The number of benzene rings is 2. The Bertz CT molecular complexity index is 790. The lowest BCUT2D eigenvalue weighted by Crippen LogP contribution is -2.32. The molecule has 1 aliphatic rings. The van der Waals surface area contributed by atoms with Crippen LogP contribution < -0.4 is 10.1 Å². The molecule has 1 atom stereocenters. The number of carbonyl (C=O) groups is 2. The van der Waals surface area contributed by atoms with E-state index in [1.54, 1.807) is 42.5 Å².